The molecule has 3 rings (SSSR count). The summed E-state index contributed by atoms with van der Waals surface area (Å²) in [5.74, 6) is 0.270. The van der Waals surface area contributed by atoms with Crippen LogP contribution in [0.15, 0.2) is 58.0 Å². The average molecular weight is 448 g/mol. The molecule has 1 N–H and O–H groups in total. The van der Waals surface area contributed by atoms with E-state index in [0.717, 1.165) is 0 Å². The number of hydrogen-bond donors (Lipinski definition) is 1. The van der Waals surface area contributed by atoms with Gasteiger partial charge in [0.2, 0.25) is 0 Å². The van der Waals surface area contributed by atoms with E-state index in [0.29, 0.717) is 32.7 Å². The van der Waals surface area contributed by atoms with Crippen LogP contribution in [0.5, 0.6) is 5.75 Å². The highest BCUT2D eigenvalue weighted by atomic mass is 35.5. The number of halogens is 2. The van der Waals surface area contributed by atoms with E-state index in [4.69, 9.17) is 32.4 Å². The molecule has 3 aromatic rings. The zero-order valence-electron chi connectivity index (χ0n) is 15.6. The predicted octanol–water partition coefficient (Wildman–Crippen LogP) is 5.00. The van der Waals surface area contributed by atoms with Crippen LogP contribution in [0.25, 0.3) is 11.3 Å². The molecule has 0 aliphatic rings. The lowest BCUT2D eigenvalue weighted by atomic mass is 10.2. The van der Waals surface area contributed by atoms with Crippen molar-refractivity contribution in [2.45, 2.75) is 6.92 Å². The van der Waals surface area contributed by atoms with E-state index in [2.05, 4.69) is 10.5 Å². The number of nitro benzene ring substituents is 1. The maximum atomic E-state index is 11.9. The number of nitrogens with one attached hydrogen (secondary N) is 1. The van der Waals surface area contributed by atoms with Gasteiger partial charge in [-0.05, 0) is 42.8 Å². The minimum atomic E-state index is -0.592. The monoisotopic (exact) mass is 447 g/mol. The lowest BCUT2D eigenvalue weighted by Gasteiger charge is -2.06. The number of ether oxygens (including phenoxy) is 1. The highest BCUT2D eigenvalue weighted by Gasteiger charge is 2.16. The number of hydrogen-bond acceptors (Lipinski definition) is 6. The van der Waals surface area contributed by atoms with Crippen molar-refractivity contribution in [1.29, 1.82) is 0 Å². The normalized spacial score (nSPS) is 10.9. The highest BCUT2D eigenvalue weighted by Crippen LogP contribution is 2.34. The Balaban J connectivity index is 1.58. The maximum absolute atomic E-state index is 11.9. The zero-order chi connectivity index (χ0) is 21.7. The first-order chi connectivity index (χ1) is 14.3. The van der Waals surface area contributed by atoms with Gasteiger partial charge in [0.25, 0.3) is 5.91 Å². The zero-order valence-corrected chi connectivity index (χ0v) is 17.1. The molecule has 154 valence electrons. The third kappa shape index (κ3) is 5.16. The van der Waals surface area contributed by atoms with Gasteiger partial charge in [0, 0.05) is 11.6 Å². The first-order valence-electron chi connectivity index (χ1n) is 8.59. The molecule has 30 heavy (non-hydrogen) atoms. The van der Waals surface area contributed by atoms with Crippen LogP contribution in [0.2, 0.25) is 10.0 Å². The Labute approximate surface area is 181 Å². The molecule has 1 heterocycles. The van der Waals surface area contributed by atoms with Crippen molar-refractivity contribution < 1.29 is 18.9 Å². The number of benzene rings is 2. The van der Waals surface area contributed by atoms with Crippen LogP contribution >= 0.6 is 23.2 Å². The number of furan rings is 1. The fourth-order valence-corrected chi connectivity index (χ4v) is 2.89. The summed E-state index contributed by atoms with van der Waals surface area (Å²) < 4.78 is 10.8. The summed E-state index contributed by atoms with van der Waals surface area (Å²) in [6.45, 7) is 1.28. The molecule has 0 atom stereocenters. The van der Waals surface area contributed by atoms with Crippen molar-refractivity contribution in [3.8, 4) is 17.1 Å². The van der Waals surface area contributed by atoms with Gasteiger partial charge in [-0.2, -0.15) is 5.10 Å². The van der Waals surface area contributed by atoms with Crippen LogP contribution in [0.4, 0.5) is 5.69 Å². The van der Waals surface area contributed by atoms with Crippen molar-refractivity contribution in [2.24, 2.45) is 5.10 Å². The highest BCUT2D eigenvalue weighted by molar-refractivity contribution is 6.43. The van der Waals surface area contributed by atoms with Gasteiger partial charge in [-0.15, -0.1) is 0 Å². The number of aryl methyl sites for hydroxylation is 1. The fraction of sp³-hybridized carbons (Fsp3) is 0.100. The number of amides is 1. The second-order valence-electron chi connectivity index (χ2n) is 6.11. The summed E-state index contributed by atoms with van der Waals surface area (Å²) in [5.41, 5.74) is 3.38. The average Bonchev–Trinajstić information content (AvgIpc) is 3.17. The number of nitrogens with zero attached hydrogens (tertiary/aromatic N) is 2. The van der Waals surface area contributed by atoms with E-state index < -0.39 is 17.4 Å². The summed E-state index contributed by atoms with van der Waals surface area (Å²) in [6, 6.07) is 13.0. The van der Waals surface area contributed by atoms with Crippen molar-refractivity contribution in [1.82, 2.24) is 5.43 Å². The number of carbonyl (C=O) groups is 1. The molecule has 0 unspecified atom stereocenters. The Kier molecular flexibility index (Phi) is 6.71. The van der Waals surface area contributed by atoms with E-state index in [1.807, 2.05) is 0 Å². The molecule has 0 aliphatic carbocycles. The summed E-state index contributed by atoms with van der Waals surface area (Å²) in [7, 11) is 0. The third-order valence-corrected chi connectivity index (χ3v) is 4.71. The van der Waals surface area contributed by atoms with E-state index >= 15 is 0 Å². The lowest BCUT2D eigenvalue weighted by molar-refractivity contribution is -0.385. The molecule has 1 amide bonds. The van der Waals surface area contributed by atoms with Gasteiger partial charge >= 0.3 is 5.69 Å². The van der Waals surface area contributed by atoms with Gasteiger partial charge in [-0.1, -0.05) is 35.3 Å². The Morgan fingerprint density at radius 3 is 2.83 bits per heavy atom. The van der Waals surface area contributed by atoms with E-state index in [9.17, 15) is 14.9 Å². The summed E-state index contributed by atoms with van der Waals surface area (Å²) >= 11 is 12.2. The standard InChI is InChI=1S/C20H15Cl2N3O5/c1-12-5-7-18(16(9-12)25(27)28)29-11-19(26)24-23-10-13-6-8-17(30-13)14-3-2-4-15(21)20(14)22/h2-10H,11H2,1H3,(H,24,26)/b23-10-. The third-order valence-electron chi connectivity index (χ3n) is 3.89. The second-order valence-corrected chi connectivity index (χ2v) is 6.90. The van der Waals surface area contributed by atoms with Gasteiger partial charge in [0.1, 0.15) is 11.5 Å². The van der Waals surface area contributed by atoms with Crippen LogP contribution in [0, 0.1) is 17.0 Å². The quantitative estimate of drug-likeness (QED) is 0.311. The molecule has 1 aromatic heterocycles. The SMILES string of the molecule is Cc1ccc(OCC(=O)N/N=C\c2ccc(-c3cccc(Cl)c3Cl)o2)c([N+](=O)[O-])c1. The largest absolute Gasteiger partial charge is 0.477 e. The Morgan fingerprint density at radius 1 is 1.27 bits per heavy atom. The maximum Gasteiger partial charge on any atom is 0.311 e. The van der Waals surface area contributed by atoms with E-state index in [1.165, 1.54) is 18.3 Å². The summed E-state index contributed by atoms with van der Waals surface area (Å²) in [4.78, 5) is 22.4. The molecule has 0 saturated heterocycles. The molecule has 0 aliphatic heterocycles. The molecular formula is C20H15Cl2N3O5. The van der Waals surface area contributed by atoms with Crippen molar-refractivity contribution >= 4 is 41.0 Å². The molecule has 0 bridgehead atoms. The number of hydrazone groups is 1. The van der Waals surface area contributed by atoms with Crippen LogP contribution in [0.3, 0.4) is 0 Å². The number of rotatable bonds is 7. The van der Waals surface area contributed by atoms with E-state index in [-0.39, 0.29) is 11.4 Å². The smallest absolute Gasteiger partial charge is 0.311 e. The molecule has 8 nitrogen and oxygen atoms in total. The molecule has 0 fully saturated rings. The molecule has 2 aromatic carbocycles. The van der Waals surface area contributed by atoms with Gasteiger partial charge in [-0.3, -0.25) is 14.9 Å². The number of carbonyl (C=O) groups excluding carboxylic acids is 1. The molecule has 10 heteroatoms. The molecule has 0 spiro atoms. The fourth-order valence-electron chi connectivity index (χ4n) is 2.50. The minimum absolute atomic E-state index is 0.00111. The van der Waals surface area contributed by atoms with Gasteiger partial charge < -0.3 is 9.15 Å². The Morgan fingerprint density at radius 2 is 2.07 bits per heavy atom. The molecule has 0 radical (unpaired) electrons. The van der Waals surface area contributed by atoms with Gasteiger partial charge in [0.15, 0.2) is 12.4 Å². The van der Waals surface area contributed by atoms with E-state index in [1.54, 1.807) is 43.3 Å². The van der Waals surface area contributed by atoms with Crippen molar-refractivity contribution in [3.05, 3.63) is 80.0 Å². The first-order valence-corrected chi connectivity index (χ1v) is 9.34. The molecular weight excluding hydrogens is 433 g/mol. The van der Waals surface area contributed by atoms with Crippen LogP contribution in [0.1, 0.15) is 11.3 Å². The topological polar surface area (TPSA) is 107 Å². The van der Waals surface area contributed by atoms with Crippen LogP contribution < -0.4 is 10.2 Å². The van der Waals surface area contributed by atoms with Gasteiger partial charge in [0.05, 0.1) is 21.2 Å². The summed E-state index contributed by atoms with van der Waals surface area (Å²) in [6.07, 6.45) is 1.30. The first kappa shape index (κ1) is 21.4. The lowest BCUT2D eigenvalue weighted by Crippen LogP contribution is -2.24. The molecule has 0 saturated carbocycles. The van der Waals surface area contributed by atoms with Crippen molar-refractivity contribution in [3.63, 3.8) is 0 Å². The second kappa shape index (κ2) is 9.43. The van der Waals surface area contributed by atoms with Crippen LogP contribution in [-0.2, 0) is 4.79 Å². The minimum Gasteiger partial charge on any atom is -0.477 e. The van der Waals surface area contributed by atoms with Crippen molar-refractivity contribution in [2.75, 3.05) is 6.61 Å². The van der Waals surface area contributed by atoms with Crippen LogP contribution in [-0.4, -0.2) is 23.7 Å². The predicted molar refractivity (Wildman–Crippen MR) is 113 cm³/mol. The Hall–Kier alpha value is -3.36. The Bertz CT molecular complexity index is 1130. The summed E-state index contributed by atoms with van der Waals surface area (Å²) in [5, 5.41) is 15.6. The number of nitro groups is 1. The van der Waals surface area contributed by atoms with Gasteiger partial charge in [-0.25, -0.2) is 5.43 Å².